The summed E-state index contributed by atoms with van der Waals surface area (Å²) in [6, 6.07) is 2.03. The summed E-state index contributed by atoms with van der Waals surface area (Å²) in [6.07, 6.45) is 9.55. The third-order valence-corrected chi connectivity index (χ3v) is 4.79. The molecule has 1 aliphatic heterocycles. The number of rotatable bonds is 2. The topological polar surface area (TPSA) is 29.3 Å². The van der Waals surface area contributed by atoms with Gasteiger partial charge in [0.15, 0.2) is 0 Å². The first-order valence-corrected chi connectivity index (χ1v) is 7.23. The largest absolute Gasteiger partial charge is 0.328 e. The molecule has 0 aromatic carbocycles. The molecule has 0 radical (unpaired) electrons. The minimum Gasteiger partial charge on any atom is -0.328 e. The van der Waals surface area contributed by atoms with E-state index >= 15 is 0 Å². The highest BCUT2D eigenvalue weighted by molar-refractivity contribution is 4.89. The Bertz CT molecular complexity index is 217. The molecular weight excluding hydrogens is 196 g/mol. The smallest absolute Gasteiger partial charge is 0.0126 e. The standard InChI is InChI=1S/C14H28N2/c1-3-12-6-4-5-7-14(12)16-9-8-13(15)10-11(16)2/h11-14H,3-10,15H2,1-2H3. The number of hydrogen-bond donors (Lipinski definition) is 1. The molecule has 2 heteroatoms. The molecule has 4 atom stereocenters. The molecule has 2 N–H and O–H groups in total. The minimum atomic E-state index is 0.454. The van der Waals surface area contributed by atoms with Crippen LogP contribution in [0.25, 0.3) is 0 Å². The van der Waals surface area contributed by atoms with Gasteiger partial charge in [-0.2, -0.15) is 0 Å². The molecule has 1 heterocycles. The second-order valence-corrected chi connectivity index (χ2v) is 5.89. The molecule has 0 aromatic rings. The molecular formula is C14H28N2. The van der Waals surface area contributed by atoms with E-state index in [1.165, 1.54) is 51.5 Å². The predicted octanol–water partition coefficient (Wildman–Crippen LogP) is 2.77. The highest BCUT2D eigenvalue weighted by Gasteiger charge is 2.34. The van der Waals surface area contributed by atoms with Crippen LogP contribution in [0.2, 0.25) is 0 Å². The molecule has 2 rings (SSSR count). The molecule has 4 unspecified atom stereocenters. The van der Waals surface area contributed by atoms with Crippen LogP contribution in [0.3, 0.4) is 0 Å². The summed E-state index contributed by atoms with van der Waals surface area (Å²) in [6.45, 7) is 5.98. The van der Waals surface area contributed by atoms with Crippen LogP contribution in [0.15, 0.2) is 0 Å². The van der Waals surface area contributed by atoms with Crippen molar-refractivity contribution in [2.75, 3.05) is 6.54 Å². The maximum atomic E-state index is 6.06. The minimum absolute atomic E-state index is 0.454. The maximum Gasteiger partial charge on any atom is 0.0126 e. The summed E-state index contributed by atoms with van der Waals surface area (Å²) >= 11 is 0. The maximum absolute atomic E-state index is 6.06. The molecule has 0 spiro atoms. The first kappa shape index (κ1) is 12.4. The Hall–Kier alpha value is -0.0800. The third-order valence-electron chi connectivity index (χ3n) is 4.79. The molecule has 0 bridgehead atoms. The summed E-state index contributed by atoms with van der Waals surface area (Å²) < 4.78 is 0. The number of likely N-dealkylation sites (tertiary alicyclic amines) is 1. The quantitative estimate of drug-likeness (QED) is 0.781. The molecule has 2 fully saturated rings. The summed E-state index contributed by atoms with van der Waals surface area (Å²) in [5, 5.41) is 0. The van der Waals surface area contributed by atoms with Crippen LogP contribution in [-0.4, -0.2) is 29.6 Å². The van der Waals surface area contributed by atoms with Crippen LogP contribution in [0.1, 0.15) is 58.8 Å². The number of nitrogens with zero attached hydrogens (tertiary/aromatic N) is 1. The molecule has 16 heavy (non-hydrogen) atoms. The van der Waals surface area contributed by atoms with Gasteiger partial charge in [0.05, 0.1) is 0 Å². The van der Waals surface area contributed by atoms with Gasteiger partial charge in [-0.3, -0.25) is 4.90 Å². The van der Waals surface area contributed by atoms with Crippen molar-refractivity contribution in [3.8, 4) is 0 Å². The molecule has 0 aromatic heterocycles. The summed E-state index contributed by atoms with van der Waals surface area (Å²) in [5.74, 6) is 0.950. The molecule has 1 aliphatic carbocycles. The fraction of sp³-hybridized carbons (Fsp3) is 1.00. The van der Waals surface area contributed by atoms with Crippen molar-refractivity contribution >= 4 is 0 Å². The van der Waals surface area contributed by atoms with Crippen LogP contribution in [0.4, 0.5) is 0 Å². The Morgan fingerprint density at radius 1 is 1.19 bits per heavy atom. The second kappa shape index (κ2) is 5.50. The van der Waals surface area contributed by atoms with Gasteiger partial charge in [-0.15, -0.1) is 0 Å². The summed E-state index contributed by atoms with van der Waals surface area (Å²) in [7, 11) is 0. The second-order valence-electron chi connectivity index (χ2n) is 5.89. The van der Waals surface area contributed by atoms with Gasteiger partial charge in [0.25, 0.3) is 0 Å². The van der Waals surface area contributed by atoms with Crippen molar-refractivity contribution in [1.29, 1.82) is 0 Å². The average Bonchev–Trinajstić information content (AvgIpc) is 2.29. The molecule has 0 amide bonds. The van der Waals surface area contributed by atoms with Crippen molar-refractivity contribution in [2.24, 2.45) is 11.7 Å². The average molecular weight is 224 g/mol. The fourth-order valence-corrected chi connectivity index (χ4v) is 3.82. The normalized spacial score (nSPS) is 42.2. The lowest BCUT2D eigenvalue weighted by molar-refractivity contribution is 0.0390. The van der Waals surface area contributed by atoms with E-state index in [0.717, 1.165) is 12.0 Å². The third kappa shape index (κ3) is 2.60. The van der Waals surface area contributed by atoms with Gasteiger partial charge in [0.1, 0.15) is 0 Å². The molecule has 1 saturated carbocycles. The fourth-order valence-electron chi connectivity index (χ4n) is 3.82. The van der Waals surface area contributed by atoms with Crippen molar-refractivity contribution in [2.45, 2.75) is 76.9 Å². The molecule has 1 saturated heterocycles. The van der Waals surface area contributed by atoms with Crippen LogP contribution in [0.5, 0.6) is 0 Å². The van der Waals surface area contributed by atoms with E-state index in [4.69, 9.17) is 5.73 Å². The van der Waals surface area contributed by atoms with Gasteiger partial charge in [-0.25, -0.2) is 0 Å². The van der Waals surface area contributed by atoms with Crippen molar-refractivity contribution in [3.63, 3.8) is 0 Å². The van der Waals surface area contributed by atoms with E-state index in [1.54, 1.807) is 0 Å². The first-order valence-electron chi connectivity index (χ1n) is 7.23. The van der Waals surface area contributed by atoms with E-state index in [2.05, 4.69) is 18.7 Å². The zero-order valence-electron chi connectivity index (χ0n) is 11.0. The number of piperidine rings is 1. The van der Waals surface area contributed by atoms with Crippen LogP contribution >= 0.6 is 0 Å². The van der Waals surface area contributed by atoms with E-state index in [1.807, 2.05) is 0 Å². The summed E-state index contributed by atoms with van der Waals surface area (Å²) in [5.41, 5.74) is 6.06. The van der Waals surface area contributed by atoms with Gasteiger partial charge in [0.2, 0.25) is 0 Å². The van der Waals surface area contributed by atoms with Gasteiger partial charge in [-0.1, -0.05) is 26.2 Å². The SMILES string of the molecule is CCC1CCCCC1N1CCC(N)CC1C. The lowest BCUT2D eigenvalue weighted by atomic mass is 9.80. The highest BCUT2D eigenvalue weighted by atomic mass is 15.2. The van der Waals surface area contributed by atoms with Crippen LogP contribution in [-0.2, 0) is 0 Å². The lowest BCUT2D eigenvalue weighted by Gasteiger charge is -2.46. The van der Waals surface area contributed by atoms with Crippen molar-refractivity contribution < 1.29 is 0 Å². The van der Waals surface area contributed by atoms with Gasteiger partial charge in [0, 0.05) is 24.7 Å². The predicted molar refractivity (Wildman–Crippen MR) is 69.4 cm³/mol. The number of hydrogen-bond acceptors (Lipinski definition) is 2. The van der Waals surface area contributed by atoms with Crippen molar-refractivity contribution in [1.82, 2.24) is 4.90 Å². The van der Waals surface area contributed by atoms with Crippen LogP contribution in [0, 0.1) is 5.92 Å². The lowest BCUT2D eigenvalue weighted by Crippen LogP contribution is -2.53. The first-order chi connectivity index (χ1) is 7.72. The monoisotopic (exact) mass is 224 g/mol. The molecule has 2 aliphatic rings. The van der Waals surface area contributed by atoms with Crippen LogP contribution < -0.4 is 5.73 Å². The Morgan fingerprint density at radius 2 is 1.94 bits per heavy atom. The van der Waals surface area contributed by atoms with Crippen molar-refractivity contribution in [3.05, 3.63) is 0 Å². The molecule has 94 valence electrons. The zero-order valence-corrected chi connectivity index (χ0v) is 11.0. The van der Waals surface area contributed by atoms with Gasteiger partial charge >= 0.3 is 0 Å². The Balaban J connectivity index is 1.98. The van der Waals surface area contributed by atoms with E-state index < -0.39 is 0 Å². The van der Waals surface area contributed by atoms with Gasteiger partial charge < -0.3 is 5.73 Å². The Morgan fingerprint density at radius 3 is 2.62 bits per heavy atom. The number of nitrogens with two attached hydrogens (primary N) is 1. The molecule has 2 nitrogen and oxygen atoms in total. The van der Waals surface area contributed by atoms with Gasteiger partial charge in [-0.05, 0) is 38.5 Å². The van der Waals surface area contributed by atoms with E-state index in [0.29, 0.717) is 12.1 Å². The van der Waals surface area contributed by atoms with E-state index in [-0.39, 0.29) is 0 Å². The zero-order chi connectivity index (χ0) is 11.5. The Labute approximate surface area is 101 Å². The highest BCUT2D eigenvalue weighted by Crippen LogP contribution is 2.33. The summed E-state index contributed by atoms with van der Waals surface area (Å²) in [4.78, 5) is 2.77. The van der Waals surface area contributed by atoms with E-state index in [9.17, 15) is 0 Å². The Kier molecular flexibility index (Phi) is 4.26.